The molecular formula is C25H43NO2. The van der Waals surface area contributed by atoms with Gasteiger partial charge in [-0.15, -0.1) is 0 Å². The van der Waals surface area contributed by atoms with Gasteiger partial charge in [0.2, 0.25) is 0 Å². The third-order valence-corrected chi connectivity index (χ3v) is 5.65. The highest BCUT2D eigenvalue weighted by Crippen LogP contribution is 2.20. The zero-order chi connectivity index (χ0) is 20.5. The minimum Gasteiger partial charge on any atom is -0.507 e. The number of aromatic hydroxyl groups is 1. The van der Waals surface area contributed by atoms with Gasteiger partial charge in [0.15, 0.2) is 0 Å². The smallest absolute Gasteiger partial charge is 0.252 e. The van der Waals surface area contributed by atoms with E-state index in [1.807, 2.05) is 6.07 Å². The summed E-state index contributed by atoms with van der Waals surface area (Å²) in [6.07, 6.45) is 22.8. The van der Waals surface area contributed by atoms with Gasteiger partial charge in [-0.25, -0.2) is 0 Å². The molecule has 0 aliphatic heterocycles. The van der Waals surface area contributed by atoms with Crippen molar-refractivity contribution in [2.24, 2.45) is 5.73 Å². The van der Waals surface area contributed by atoms with E-state index < -0.39 is 5.91 Å². The van der Waals surface area contributed by atoms with Crippen LogP contribution in [0.1, 0.15) is 126 Å². The fraction of sp³-hybridized carbons (Fsp3) is 0.720. The van der Waals surface area contributed by atoms with Crippen LogP contribution in [-0.2, 0) is 6.42 Å². The summed E-state index contributed by atoms with van der Waals surface area (Å²) in [5.74, 6) is -0.588. The van der Waals surface area contributed by atoms with E-state index in [9.17, 15) is 9.90 Å². The summed E-state index contributed by atoms with van der Waals surface area (Å²) in [5.41, 5.74) is 6.59. The van der Waals surface area contributed by atoms with E-state index >= 15 is 0 Å². The van der Waals surface area contributed by atoms with Crippen molar-refractivity contribution in [3.63, 3.8) is 0 Å². The molecule has 160 valence electrons. The van der Waals surface area contributed by atoms with Gasteiger partial charge in [-0.3, -0.25) is 4.79 Å². The molecule has 28 heavy (non-hydrogen) atoms. The summed E-state index contributed by atoms with van der Waals surface area (Å²) in [4.78, 5) is 11.3. The third kappa shape index (κ3) is 12.0. The standard InChI is InChI=1S/C25H43NO2/c1-2-3-4-5-6-7-8-9-10-11-12-13-14-15-16-17-18-22-19-20-24(27)23(21-22)25(26)28/h19-21,27H,2-18H2,1H3,(H2,26,28). The second-order valence-electron chi connectivity index (χ2n) is 8.27. The minimum atomic E-state index is -0.564. The van der Waals surface area contributed by atoms with E-state index in [0.717, 1.165) is 18.4 Å². The van der Waals surface area contributed by atoms with Crippen LogP contribution < -0.4 is 5.73 Å². The maximum atomic E-state index is 11.3. The summed E-state index contributed by atoms with van der Waals surface area (Å²) in [7, 11) is 0. The van der Waals surface area contributed by atoms with Crippen LogP contribution in [0.5, 0.6) is 5.75 Å². The quantitative estimate of drug-likeness (QED) is 0.259. The predicted molar refractivity (Wildman–Crippen MR) is 120 cm³/mol. The summed E-state index contributed by atoms with van der Waals surface area (Å²) < 4.78 is 0. The minimum absolute atomic E-state index is 0.0248. The number of primary amides is 1. The van der Waals surface area contributed by atoms with Crippen LogP contribution in [-0.4, -0.2) is 11.0 Å². The van der Waals surface area contributed by atoms with Gasteiger partial charge in [-0.2, -0.15) is 0 Å². The first-order valence-electron chi connectivity index (χ1n) is 11.8. The molecule has 0 atom stereocenters. The molecule has 1 amide bonds. The molecule has 1 rings (SSSR count). The second kappa shape index (κ2) is 16.4. The first kappa shape index (κ1) is 24.5. The molecule has 0 aliphatic rings. The molecule has 0 radical (unpaired) electrons. The fourth-order valence-electron chi connectivity index (χ4n) is 3.81. The molecule has 3 nitrogen and oxygen atoms in total. The number of phenols is 1. The van der Waals surface area contributed by atoms with Crippen molar-refractivity contribution in [2.75, 3.05) is 0 Å². The number of hydrogen-bond donors (Lipinski definition) is 2. The van der Waals surface area contributed by atoms with Gasteiger partial charge < -0.3 is 10.8 Å². The van der Waals surface area contributed by atoms with Crippen LogP contribution in [0.25, 0.3) is 0 Å². The molecule has 3 heteroatoms. The highest BCUT2D eigenvalue weighted by Gasteiger charge is 2.07. The number of rotatable bonds is 18. The third-order valence-electron chi connectivity index (χ3n) is 5.65. The second-order valence-corrected chi connectivity index (χ2v) is 8.27. The van der Waals surface area contributed by atoms with Crippen molar-refractivity contribution >= 4 is 5.91 Å². The predicted octanol–water partition coefficient (Wildman–Crippen LogP) is 7.30. The van der Waals surface area contributed by atoms with Gasteiger partial charge in [0.1, 0.15) is 5.75 Å². The molecule has 0 fully saturated rings. The van der Waals surface area contributed by atoms with Crippen LogP contribution in [0.4, 0.5) is 0 Å². The van der Waals surface area contributed by atoms with Crippen molar-refractivity contribution in [1.29, 1.82) is 0 Å². The number of hydrogen-bond acceptors (Lipinski definition) is 2. The van der Waals surface area contributed by atoms with Crippen molar-refractivity contribution in [3.8, 4) is 5.75 Å². The molecule has 0 unspecified atom stereocenters. The first-order chi connectivity index (χ1) is 13.6. The number of benzene rings is 1. The number of carbonyl (C=O) groups excluding carboxylic acids is 1. The highest BCUT2D eigenvalue weighted by atomic mass is 16.3. The van der Waals surface area contributed by atoms with Crippen LogP contribution >= 0.6 is 0 Å². The topological polar surface area (TPSA) is 63.3 Å². The summed E-state index contributed by atoms with van der Waals surface area (Å²) >= 11 is 0. The lowest BCUT2D eigenvalue weighted by molar-refractivity contribution is 0.0997. The molecular weight excluding hydrogens is 346 g/mol. The van der Waals surface area contributed by atoms with Crippen molar-refractivity contribution < 1.29 is 9.90 Å². The number of amides is 1. The van der Waals surface area contributed by atoms with Gasteiger partial charge in [0, 0.05) is 0 Å². The highest BCUT2D eigenvalue weighted by molar-refractivity contribution is 5.95. The lowest BCUT2D eigenvalue weighted by atomic mass is 10.0. The Bertz CT molecular complexity index is 527. The fourth-order valence-corrected chi connectivity index (χ4v) is 3.81. The van der Waals surface area contributed by atoms with Gasteiger partial charge in [-0.05, 0) is 30.5 Å². The zero-order valence-corrected chi connectivity index (χ0v) is 18.2. The molecule has 0 bridgehead atoms. The average Bonchev–Trinajstić information content (AvgIpc) is 2.68. The Morgan fingerprint density at radius 2 is 1.18 bits per heavy atom. The molecule has 0 saturated carbocycles. The van der Waals surface area contributed by atoms with Gasteiger partial charge in [-0.1, -0.05) is 109 Å². The normalized spacial score (nSPS) is 11.0. The Balaban J connectivity index is 1.88. The summed E-state index contributed by atoms with van der Waals surface area (Å²) in [5, 5.41) is 9.62. The zero-order valence-electron chi connectivity index (χ0n) is 18.2. The molecule has 3 N–H and O–H groups in total. The Kier molecular flexibility index (Phi) is 14.4. The lowest BCUT2D eigenvalue weighted by Crippen LogP contribution is -2.11. The van der Waals surface area contributed by atoms with E-state index in [1.165, 1.54) is 96.3 Å². The van der Waals surface area contributed by atoms with Gasteiger partial charge in [0.25, 0.3) is 5.91 Å². The maximum Gasteiger partial charge on any atom is 0.252 e. The van der Waals surface area contributed by atoms with Crippen LogP contribution in [0.15, 0.2) is 18.2 Å². The van der Waals surface area contributed by atoms with E-state index in [0.29, 0.717) is 0 Å². The Hall–Kier alpha value is -1.51. The van der Waals surface area contributed by atoms with Gasteiger partial charge >= 0.3 is 0 Å². The van der Waals surface area contributed by atoms with E-state index in [4.69, 9.17) is 5.73 Å². The van der Waals surface area contributed by atoms with E-state index in [-0.39, 0.29) is 11.3 Å². The van der Waals surface area contributed by atoms with Crippen LogP contribution in [0.3, 0.4) is 0 Å². The van der Waals surface area contributed by atoms with Gasteiger partial charge in [0.05, 0.1) is 5.56 Å². The number of carbonyl (C=O) groups is 1. The molecule has 0 spiro atoms. The largest absolute Gasteiger partial charge is 0.507 e. The van der Waals surface area contributed by atoms with Crippen molar-refractivity contribution in [1.82, 2.24) is 0 Å². The monoisotopic (exact) mass is 389 g/mol. The maximum absolute atomic E-state index is 11.3. The Morgan fingerprint density at radius 3 is 1.61 bits per heavy atom. The Morgan fingerprint density at radius 1 is 0.750 bits per heavy atom. The van der Waals surface area contributed by atoms with Crippen molar-refractivity contribution in [2.45, 2.75) is 116 Å². The van der Waals surface area contributed by atoms with E-state index in [1.54, 1.807) is 12.1 Å². The SMILES string of the molecule is CCCCCCCCCCCCCCCCCCc1ccc(O)c(C(N)=O)c1. The average molecular weight is 390 g/mol. The lowest BCUT2D eigenvalue weighted by Gasteiger charge is -2.06. The summed E-state index contributed by atoms with van der Waals surface area (Å²) in [6.45, 7) is 2.28. The molecule has 1 aromatic rings. The Labute approximate surface area is 173 Å². The summed E-state index contributed by atoms with van der Waals surface area (Å²) in [6, 6.07) is 5.18. The molecule has 0 saturated heterocycles. The molecule has 0 aromatic heterocycles. The number of unbranched alkanes of at least 4 members (excludes halogenated alkanes) is 15. The first-order valence-corrected chi connectivity index (χ1v) is 11.8. The number of aryl methyl sites for hydroxylation is 1. The van der Waals surface area contributed by atoms with E-state index in [2.05, 4.69) is 6.92 Å². The van der Waals surface area contributed by atoms with Crippen LogP contribution in [0.2, 0.25) is 0 Å². The molecule has 0 heterocycles. The van der Waals surface area contributed by atoms with Crippen molar-refractivity contribution in [3.05, 3.63) is 29.3 Å². The molecule has 0 aliphatic carbocycles. The molecule has 1 aromatic carbocycles. The number of nitrogens with two attached hydrogens (primary N) is 1. The van der Waals surface area contributed by atoms with Crippen LogP contribution in [0, 0.1) is 0 Å².